The van der Waals surface area contributed by atoms with E-state index in [1.54, 1.807) is 18.2 Å². The first-order chi connectivity index (χ1) is 6.99. The summed E-state index contributed by atoms with van der Waals surface area (Å²) in [6.07, 6.45) is 1.49. The van der Waals surface area contributed by atoms with Crippen LogP contribution in [0.3, 0.4) is 0 Å². The number of hydrogen-bond acceptors (Lipinski definition) is 3. The Kier molecular flexibility index (Phi) is 2.64. The van der Waals surface area contributed by atoms with Gasteiger partial charge < -0.3 is 5.73 Å². The van der Waals surface area contributed by atoms with Crippen LogP contribution in [0.25, 0.3) is 0 Å². The van der Waals surface area contributed by atoms with Crippen LogP contribution in [0.1, 0.15) is 12.8 Å². The standard InChI is InChI=1S/C9H11BrN2O2S/c10-8-4-1-6(11)5-9(8)12-15(13,14)7-2-3-7/h1,4-5,7,12H,2-3,11H2. The zero-order valence-electron chi connectivity index (χ0n) is 7.90. The third-order valence-electron chi connectivity index (χ3n) is 2.21. The van der Waals surface area contributed by atoms with Crippen LogP contribution in [0.15, 0.2) is 22.7 Å². The third-order valence-corrected chi connectivity index (χ3v) is 4.75. The minimum atomic E-state index is -3.21. The number of nitrogen functional groups attached to an aromatic ring is 1. The average Bonchev–Trinajstić information content (AvgIpc) is 2.93. The van der Waals surface area contributed by atoms with Gasteiger partial charge in [0.15, 0.2) is 0 Å². The van der Waals surface area contributed by atoms with Gasteiger partial charge in [-0.15, -0.1) is 0 Å². The van der Waals surface area contributed by atoms with E-state index in [9.17, 15) is 8.42 Å². The smallest absolute Gasteiger partial charge is 0.235 e. The summed E-state index contributed by atoms with van der Waals surface area (Å²) in [5, 5.41) is -0.231. The Hall–Kier alpha value is -0.750. The molecule has 1 aromatic rings. The zero-order chi connectivity index (χ0) is 11.1. The maximum Gasteiger partial charge on any atom is 0.235 e. The van der Waals surface area contributed by atoms with E-state index in [4.69, 9.17) is 5.73 Å². The van der Waals surface area contributed by atoms with Gasteiger partial charge in [0.25, 0.3) is 0 Å². The largest absolute Gasteiger partial charge is 0.399 e. The SMILES string of the molecule is Nc1ccc(Br)c(NS(=O)(=O)C2CC2)c1. The lowest BCUT2D eigenvalue weighted by molar-refractivity contribution is 0.600. The van der Waals surface area contributed by atoms with Crippen LogP contribution in [-0.4, -0.2) is 13.7 Å². The molecule has 1 saturated carbocycles. The molecule has 6 heteroatoms. The second-order valence-corrected chi connectivity index (χ2v) is 6.40. The van der Waals surface area contributed by atoms with E-state index in [0.29, 0.717) is 15.8 Å². The molecule has 0 heterocycles. The summed E-state index contributed by atoms with van der Waals surface area (Å²) in [6, 6.07) is 5.03. The first kappa shape index (κ1) is 10.8. The number of nitrogens with one attached hydrogen (secondary N) is 1. The molecule has 15 heavy (non-hydrogen) atoms. The highest BCUT2D eigenvalue weighted by Gasteiger charge is 2.35. The van der Waals surface area contributed by atoms with Crippen molar-refractivity contribution in [1.29, 1.82) is 0 Å². The highest BCUT2D eigenvalue weighted by atomic mass is 79.9. The Morgan fingerprint density at radius 1 is 1.40 bits per heavy atom. The van der Waals surface area contributed by atoms with Gasteiger partial charge in [-0.3, -0.25) is 4.72 Å². The monoisotopic (exact) mass is 290 g/mol. The van der Waals surface area contributed by atoms with E-state index in [1.165, 1.54) is 0 Å². The Morgan fingerprint density at radius 3 is 2.67 bits per heavy atom. The maximum absolute atomic E-state index is 11.7. The Bertz CT molecular complexity index is 483. The Labute approximate surface area is 97.0 Å². The Balaban J connectivity index is 2.27. The highest BCUT2D eigenvalue weighted by molar-refractivity contribution is 9.10. The molecule has 0 saturated heterocycles. The number of sulfonamides is 1. The van der Waals surface area contributed by atoms with Gasteiger partial charge in [-0.1, -0.05) is 0 Å². The van der Waals surface area contributed by atoms with E-state index in [-0.39, 0.29) is 5.25 Å². The van der Waals surface area contributed by atoms with Gasteiger partial charge in [0, 0.05) is 10.2 Å². The molecule has 0 amide bonds. The predicted molar refractivity (Wildman–Crippen MR) is 64.1 cm³/mol. The van der Waals surface area contributed by atoms with Crippen molar-refractivity contribution in [2.45, 2.75) is 18.1 Å². The average molecular weight is 291 g/mol. The van der Waals surface area contributed by atoms with Gasteiger partial charge in [-0.05, 0) is 47.0 Å². The molecule has 0 unspecified atom stereocenters. The lowest BCUT2D eigenvalue weighted by Gasteiger charge is -2.09. The van der Waals surface area contributed by atoms with Gasteiger partial charge in [-0.25, -0.2) is 8.42 Å². The number of benzene rings is 1. The second kappa shape index (κ2) is 3.68. The topological polar surface area (TPSA) is 72.2 Å². The Morgan fingerprint density at radius 2 is 2.07 bits per heavy atom. The zero-order valence-corrected chi connectivity index (χ0v) is 10.3. The second-order valence-electron chi connectivity index (χ2n) is 3.59. The molecule has 0 bridgehead atoms. The van der Waals surface area contributed by atoms with Crippen LogP contribution in [0, 0.1) is 0 Å². The van der Waals surface area contributed by atoms with Crippen molar-refractivity contribution in [2.24, 2.45) is 0 Å². The molecule has 0 aromatic heterocycles. The lowest BCUT2D eigenvalue weighted by atomic mass is 10.3. The molecule has 4 nitrogen and oxygen atoms in total. The van der Waals surface area contributed by atoms with Gasteiger partial charge >= 0.3 is 0 Å². The summed E-state index contributed by atoms with van der Waals surface area (Å²) in [7, 11) is -3.21. The van der Waals surface area contributed by atoms with Crippen molar-refractivity contribution >= 4 is 37.3 Å². The summed E-state index contributed by atoms with van der Waals surface area (Å²) in [5.74, 6) is 0. The lowest BCUT2D eigenvalue weighted by Crippen LogP contribution is -2.17. The number of halogens is 1. The molecule has 0 radical (unpaired) electrons. The summed E-state index contributed by atoms with van der Waals surface area (Å²) in [6.45, 7) is 0. The fraction of sp³-hybridized carbons (Fsp3) is 0.333. The van der Waals surface area contributed by atoms with Gasteiger partial charge in [-0.2, -0.15) is 0 Å². The molecular weight excluding hydrogens is 280 g/mol. The third kappa shape index (κ3) is 2.43. The van der Waals surface area contributed by atoms with E-state index in [0.717, 1.165) is 12.8 Å². The number of hydrogen-bond donors (Lipinski definition) is 2. The minimum absolute atomic E-state index is 0.231. The van der Waals surface area contributed by atoms with Crippen molar-refractivity contribution in [1.82, 2.24) is 0 Å². The fourth-order valence-corrected chi connectivity index (χ4v) is 3.11. The molecule has 82 valence electrons. The molecule has 1 aliphatic rings. The van der Waals surface area contributed by atoms with Crippen LogP contribution >= 0.6 is 15.9 Å². The van der Waals surface area contributed by atoms with Crippen molar-refractivity contribution in [3.63, 3.8) is 0 Å². The molecule has 2 rings (SSSR count). The van der Waals surface area contributed by atoms with Crippen LogP contribution in [0.4, 0.5) is 11.4 Å². The quantitative estimate of drug-likeness (QED) is 0.836. The fourth-order valence-electron chi connectivity index (χ4n) is 1.24. The highest BCUT2D eigenvalue weighted by Crippen LogP contribution is 2.32. The molecule has 0 spiro atoms. The molecule has 1 aromatic carbocycles. The van der Waals surface area contributed by atoms with Gasteiger partial charge in [0.1, 0.15) is 0 Å². The molecule has 3 N–H and O–H groups in total. The molecule has 0 atom stereocenters. The molecular formula is C9H11BrN2O2S. The van der Waals surface area contributed by atoms with Gasteiger partial charge in [0.2, 0.25) is 10.0 Å². The maximum atomic E-state index is 11.7. The normalized spacial score (nSPS) is 16.3. The van der Waals surface area contributed by atoms with Gasteiger partial charge in [0.05, 0.1) is 10.9 Å². The van der Waals surface area contributed by atoms with E-state index in [2.05, 4.69) is 20.7 Å². The predicted octanol–water partition coefficient (Wildman–Crippen LogP) is 1.94. The minimum Gasteiger partial charge on any atom is -0.399 e. The number of rotatable bonds is 3. The van der Waals surface area contributed by atoms with Crippen LogP contribution in [-0.2, 0) is 10.0 Å². The van der Waals surface area contributed by atoms with Crippen molar-refractivity contribution in [3.8, 4) is 0 Å². The first-order valence-electron chi connectivity index (χ1n) is 4.56. The van der Waals surface area contributed by atoms with E-state index < -0.39 is 10.0 Å². The summed E-state index contributed by atoms with van der Waals surface area (Å²) in [5.41, 5.74) is 6.62. The first-order valence-corrected chi connectivity index (χ1v) is 6.89. The molecule has 1 aliphatic carbocycles. The number of anilines is 2. The van der Waals surface area contributed by atoms with Crippen molar-refractivity contribution in [3.05, 3.63) is 22.7 Å². The molecule has 0 aliphatic heterocycles. The van der Waals surface area contributed by atoms with Crippen molar-refractivity contribution in [2.75, 3.05) is 10.5 Å². The summed E-state index contributed by atoms with van der Waals surface area (Å²) >= 11 is 3.27. The van der Waals surface area contributed by atoms with E-state index in [1.807, 2.05) is 0 Å². The van der Waals surface area contributed by atoms with Crippen LogP contribution < -0.4 is 10.5 Å². The van der Waals surface area contributed by atoms with Crippen LogP contribution in [0.2, 0.25) is 0 Å². The van der Waals surface area contributed by atoms with Crippen LogP contribution in [0.5, 0.6) is 0 Å². The summed E-state index contributed by atoms with van der Waals surface area (Å²) < 4.78 is 26.5. The van der Waals surface area contributed by atoms with Crippen molar-refractivity contribution < 1.29 is 8.42 Å². The van der Waals surface area contributed by atoms with E-state index >= 15 is 0 Å². The number of nitrogens with two attached hydrogens (primary N) is 1. The summed E-state index contributed by atoms with van der Waals surface area (Å²) in [4.78, 5) is 0. The molecule has 1 fully saturated rings.